The number of ether oxygens (including phenoxy) is 1. The zero-order valence-corrected chi connectivity index (χ0v) is 24.8. The van der Waals surface area contributed by atoms with E-state index in [9.17, 15) is 14.4 Å². The molecule has 0 spiro atoms. The van der Waals surface area contributed by atoms with Crippen LogP contribution in [0, 0.1) is 0 Å². The second kappa shape index (κ2) is 13.8. The average Bonchev–Trinajstić information content (AvgIpc) is 2.84. The highest BCUT2D eigenvalue weighted by Crippen LogP contribution is 2.23. The highest BCUT2D eigenvalue weighted by atomic mass is 16.6. The maximum atomic E-state index is 12.8. The fourth-order valence-corrected chi connectivity index (χ4v) is 3.93. The molecule has 0 unspecified atom stereocenters. The van der Waals surface area contributed by atoms with Gasteiger partial charge >= 0.3 is 18.0 Å². The minimum Gasteiger partial charge on any atom is -0.456 e. The maximum absolute atomic E-state index is 12.8. The van der Waals surface area contributed by atoms with Crippen LogP contribution in [-0.4, -0.2) is 61.6 Å². The second-order valence-corrected chi connectivity index (χ2v) is 11.3. The number of urea groups is 2. The molecule has 0 saturated heterocycles. The van der Waals surface area contributed by atoms with Crippen molar-refractivity contribution in [3.05, 3.63) is 83.4 Å². The molecule has 3 aromatic carbocycles. The summed E-state index contributed by atoms with van der Waals surface area (Å²) in [6.07, 6.45) is 0. The van der Waals surface area contributed by atoms with Gasteiger partial charge in [0.15, 0.2) is 0 Å². The first-order valence-corrected chi connectivity index (χ1v) is 13.3. The molecule has 0 heterocycles. The summed E-state index contributed by atoms with van der Waals surface area (Å²) in [5, 5.41) is 11.0. The number of carbonyl (C=O) groups excluding carboxylic acids is 3. The predicted octanol–water partition coefficient (Wildman–Crippen LogP) is 6.05. The van der Waals surface area contributed by atoms with Crippen molar-refractivity contribution >= 4 is 40.8 Å². The summed E-state index contributed by atoms with van der Waals surface area (Å²) in [5.74, 6) is -0.585. The highest BCUT2D eigenvalue weighted by Gasteiger charge is 2.20. The maximum Gasteiger partial charge on any atom is 0.338 e. The van der Waals surface area contributed by atoms with E-state index in [1.807, 2.05) is 76.7 Å². The molecule has 0 bridgehead atoms. The number of carbonyl (C=O) groups is 3. The molecule has 0 aromatic heterocycles. The van der Waals surface area contributed by atoms with Crippen LogP contribution >= 0.6 is 0 Å². The lowest BCUT2D eigenvalue weighted by Gasteiger charge is -2.20. The van der Waals surface area contributed by atoms with Crippen molar-refractivity contribution < 1.29 is 19.1 Å². The number of hydrogen-bond donors (Lipinski definition) is 4. The van der Waals surface area contributed by atoms with Gasteiger partial charge in [-0.1, -0.05) is 24.3 Å². The van der Waals surface area contributed by atoms with Crippen molar-refractivity contribution in [2.75, 3.05) is 49.5 Å². The van der Waals surface area contributed by atoms with Gasteiger partial charge in [0.2, 0.25) is 0 Å². The predicted molar refractivity (Wildman–Crippen MR) is 165 cm³/mol. The van der Waals surface area contributed by atoms with Crippen LogP contribution in [0.4, 0.5) is 32.3 Å². The molecule has 10 heteroatoms. The molecule has 218 valence electrons. The van der Waals surface area contributed by atoms with Crippen molar-refractivity contribution in [1.29, 1.82) is 0 Å². The van der Waals surface area contributed by atoms with E-state index in [-0.39, 0.29) is 5.56 Å². The molecular formula is C31H40N6O4. The normalized spacial score (nSPS) is 11.2. The number of anilines is 4. The van der Waals surface area contributed by atoms with Gasteiger partial charge in [-0.15, -0.1) is 0 Å². The summed E-state index contributed by atoms with van der Waals surface area (Å²) in [6, 6.07) is 18.6. The minimum absolute atomic E-state index is 0.175. The van der Waals surface area contributed by atoms with Crippen molar-refractivity contribution in [1.82, 2.24) is 9.80 Å². The summed E-state index contributed by atoms with van der Waals surface area (Å²) in [7, 11) is 7.95. The van der Waals surface area contributed by atoms with Gasteiger partial charge in [-0.05, 0) is 103 Å². The Hall–Kier alpha value is -4.41. The van der Waals surface area contributed by atoms with Crippen LogP contribution in [0.1, 0.15) is 42.3 Å². The Bertz CT molecular complexity index is 1260. The zero-order valence-electron chi connectivity index (χ0n) is 24.8. The van der Waals surface area contributed by atoms with Crippen LogP contribution in [0.25, 0.3) is 0 Å². The summed E-state index contributed by atoms with van der Waals surface area (Å²) >= 11 is 0. The van der Waals surface area contributed by atoms with E-state index in [2.05, 4.69) is 31.1 Å². The summed E-state index contributed by atoms with van der Waals surface area (Å²) in [6.45, 7) is 6.87. The average molecular weight is 561 g/mol. The van der Waals surface area contributed by atoms with Crippen molar-refractivity contribution in [2.24, 2.45) is 0 Å². The van der Waals surface area contributed by atoms with Gasteiger partial charge in [0.1, 0.15) is 5.60 Å². The lowest BCUT2D eigenvalue weighted by atomic mass is 10.1. The van der Waals surface area contributed by atoms with E-state index in [4.69, 9.17) is 4.74 Å². The first-order valence-electron chi connectivity index (χ1n) is 13.3. The summed E-state index contributed by atoms with van der Waals surface area (Å²) in [5.41, 5.74) is 3.52. The number of amides is 4. The largest absolute Gasteiger partial charge is 0.456 e. The number of nitrogens with one attached hydrogen (secondary N) is 4. The van der Waals surface area contributed by atoms with Gasteiger partial charge < -0.3 is 35.8 Å². The number of hydrogen-bond acceptors (Lipinski definition) is 6. The van der Waals surface area contributed by atoms with Crippen LogP contribution in [0.15, 0.2) is 66.7 Å². The van der Waals surface area contributed by atoms with E-state index in [0.717, 1.165) is 24.2 Å². The van der Waals surface area contributed by atoms with Crippen LogP contribution in [0.2, 0.25) is 0 Å². The van der Waals surface area contributed by atoms with Gasteiger partial charge in [-0.3, -0.25) is 0 Å². The van der Waals surface area contributed by atoms with Crippen LogP contribution < -0.4 is 21.3 Å². The third-order valence-corrected chi connectivity index (χ3v) is 5.50. The monoisotopic (exact) mass is 560 g/mol. The Labute approximate surface area is 242 Å². The topological polar surface area (TPSA) is 115 Å². The third-order valence-electron chi connectivity index (χ3n) is 5.50. The molecule has 3 aromatic rings. The lowest BCUT2D eigenvalue weighted by molar-refractivity contribution is 0.00695. The Morgan fingerprint density at radius 2 is 0.976 bits per heavy atom. The molecule has 4 amide bonds. The third kappa shape index (κ3) is 10.9. The summed E-state index contributed by atoms with van der Waals surface area (Å²) in [4.78, 5) is 42.5. The molecule has 0 aliphatic heterocycles. The Balaban J connectivity index is 1.74. The second-order valence-electron chi connectivity index (χ2n) is 11.3. The van der Waals surface area contributed by atoms with Crippen LogP contribution in [0.3, 0.4) is 0 Å². The fraction of sp³-hybridized carbons (Fsp3) is 0.323. The van der Waals surface area contributed by atoms with Crippen molar-refractivity contribution in [3.8, 4) is 0 Å². The van der Waals surface area contributed by atoms with E-state index in [1.165, 1.54) is 12.1 Å². The quantitative estimate of drug-likeness (QED) is 0.237. The number of rotatable bonds is 9. The van der Waals surface area contributed by atoms with Crippen molar-refractivity contribution in [2.45, 2.75) is 39.5 Å². The smallest absolute Gasteiger partial charge is 0.338 e. The first-order chi connectivity index (χ1) is 19.3. The molecule has 10 nitrogen and oxygen atoms in total. The standard InChI is InChI=1S/C31H40N6O4/c1-31(2,3)41-28(38)23-16-26(34-29(39)32-24-12-8-21(9-13-24)19-36(4)5)18-27(17-23)35-30(40)33-25-14-10-22(11-15-25)20-37(6)7/h8-18H,19-20H2,1-7H3,(H2,32,34,39)(H2,33,35,40). The highest BCUT2D eigenvalue weighted by molar-refractivity contribution is 6.04. The summed E-state index contributed by atoms with van der Waals surface area (Å²) < 4.78 is 5.51. The molecule has 4 N–H and O–H groups in total. The van der Waals surface area contributed by atoms with Gasteiger partial charge in [0.25, 0.3) is 0 Å². The zero-order chi connectivity index (χ0) is 30.2. The molecule has 0 atom stereocenters. The fourth-order valence-electron chi connectivity index (χ4n) is 3.93. The Morgan fingerprint density at radius 3 is 1.32 bits per heavy atom. The molecule has 0 aliphatic rings. The molecule has 0 aliphatic carbocycles. The number of benzene rings is 3. The van der Waals surface area contributed by atoms with E-state index < -0.39 is 23.6 Å². The molecular weight excluding hydrogens is 520 g/mol. The SMILES string of the molecule is CN(C)Cc1ccc(NC(=O)Nc2cc(NC(=O)Nc3ccc(CN(C)C)cc3)cc(C(=O)OC(C)(C)C)c2)cc1. The van der Waals surface area contributed by atoms with Gasteiger partial charge in [0.05, 0.1) is 5.56 Å². The lowest BCUT2D eigenvalue weighted by Crippen LogP contribution is -2.25. The Kier molecular flexibility index (Phi) is 10.5. The Morgan fingerprint density at radius 1 is 0.610 bits per heavy atom. The number of esters is 1. The van der Waals surface area contributed by atoms with Gasteiger partial charge in [0, 0.05) is 35.8 Å². The van der Waals surface area contributed by atoms with Gasteiger partial charge in [-0.2, -0.15) is 0 Å². The molecule has 0 fully saturated rings. The van der Waals surface area contributed by atoms with E-state index >= 15 is 0 Å². The molecule has 3 rings (SSSR count). The minimum atomic E-state index is -0.722. The van der Waals surface area contributed by atoms with E-state index in [0.29, 0.717) is 22.7 Å². The number of nitrogens with zero attached hydrogens (tertiary/aromatic N) is 2. The van der Waals surface area contributed by atoms with Crippen LogP contribution in [-0.2, 0) is 17.8 Å². The van der Waals surface area contributed by atoms with Crippen molar-refractivity contribution in [3.63, 3.8) is 0 Å². The van der Waals surface area contributed by atoms with Crippen LogP contribution in [0.5, 0.6) is 0 Å². The molecule has 41 heavy (non-hydrogen) atoms. The molecule has 0 radical (unpaired) electrons. The van der Waals surface area contributed by atoms with E-state index in [1.54, 1.807) is 26.8 Å². The molecule has 0 saturated carbocycles. The first kappa shape index (κ1) is 31.1. The van der Waals surface area contributed by atoms with Gasteiger partial charge in [-0.25, -0.2) is 14.4 Å².